The molecule has 0 aromatic rings. The molecule has 2 saturated carbocycles. The van der Waals surface area contributed by atoms with E-state index in [0.29, 0.717) is 24.7 Å². The molecule has 2 unspecified atom stereocenters. The maximum atomic E-state index is 12.0. The highest BCUT2D eigenvalue weighted by Gasteiger charge is 2.50. The van der Waals surface area contributed by atoms with Gasteiger partial charge in [-0.3, -0.25) is 4.79 Å². The first-order valence-electron chi connectivity index (χ1n) is 6.87. The maximum Gasteiger partial charge on any atom is 0.317 e. The standard InChI is InChI=1S/C13H20N2O3/c16-11(17)13(4-5-13)8-14-12(18)15-6-9-2-1-3-10(9)7-15/h9-10H,1-8H2,(H,14,18)(H,16,17). The molecule has 2 atom stereocenters. The number of rotatable bonds is 3. The summed E-state index contributed by atoms with van der Waals surface area (Å²) in [6.07, 6.45) is 5.16. The lowest BCUT2D eigenvalue weighted by Gasteiger charge is -2.19. The quantitative estimate of drug-likeness (QED) is 0.795. The Balaban J connectivity index is 1.49. The van der Waals surface area contributed by atoms with Crippen molar-refractivity contribution in [3.05, 3.63) is 0 Å². The van der Waals surface area contributed by atoms with Crippen LogP contribution in [0.1, 0.15) is 32.1 Å². The lowest BCUT2D eigenvalue weighted by atomic mass is 10.0. The number of amides is 2. The minimum Gasteiger partial charge on any atom is -0.481 e. The molecule has 1 saturated heterocycles. The van der Waals surface area contributed by atoms with E-state index in [1.807, 2.05) is 4.90 Å². The number of hydrogen-bond acceptors (Lipinski definition) is 2. The van der Waals surface area contributed by atoms with E-state index < -0.39 is 11.4 Å². The van der Waals surface area contributed by atoms with E-state index in [0.717, 1.165) is 13.1 Å². The van der Waals surface area contributed by atoms with E-state index >= 15 is 0 Å². The molecular formula is C13H20N2O3. The molecule has 2 N–H and O–H groups in total. The summed E-state index contributed by atoms with van der Waals surface area (Å²) in [6, 6.07) is -0.0723. The van der Waals surface area contributed by atoms with Gasteiger partial charge in [0.25, 0.3) is 0 Å². The number of aliphatic carboxylic acids is 1. The van der Waals surface area contributed by atoms with Crippen molar-refractivity contribution in [2.24, 2.45) is 17.3 Å². The molecule has 3 rings (SSSR count). The predicted molar refractivity (Wildman–Crippen MR) is 65.1 cm³/mol. The molecule has 100 valence electrons. The van der Waals surface area contributed by atoms with Crippen molar-refractivity contribution in [3.8, 4) is 0 Å². The van der Waals surface area contributed by atoms with E-state index in [-0.39, 0.29) is 12.6 Å². The molecule has 1 aliphatic heterocycles. The van der Waals surface area contributed by atoms with Crippen LogP contribution in [0, 0.1) is 17.3 Å². The first-order valence-corrected chi connectivity index (χ1v) is 6.87. The fourth-order valence-corrected chi connectivity index (χ4v) is 3.37. The summed E-state index contributed by atoms with van der Waals surface area (Å²) >= 11 is 0. The van der Waals surface area contributed by atoms with E-state index in [4.69, 9.17) is 5.11 Å². The van der Waals surface area contributed by atoms with Crippen LogP contribution in [0.3, 0.4) is 0 Å². The van der Waals surface area contributed by atoms with Gasteiger partial charge in [0.1, 0.15) is 0 Å². The molecule has 2 aliphatic carbocycles. The summed E-state index contributed by atoms with van der Waals surface area (Å²) < 4.78 is 0. The molecule has 0 spiro atoms. The lowest BCUT2D eigenvalue weighted by Crippen LogP contribution is -2.42. The molecule has 2 amide bonds. The van der Waals surface area contributed by atoms with Crippen molar-refractivity contribution in [1.82, 2.24) is 10.2 Å². The van der Waals surface area contributed by atoms with E-state index in [9.17, 15) is 9.59 Å². The minimum absolute atomic E-state index is 0.0723. The summed E-state index contributed by atoms with van der Waals surface area (Å²) in [5.74, 6) is 0.594. The number of fused-ring (bicyclic) bond motifs is 1. The summed E-state index contributed by atoms with van der Waals surface area (Å²) in [4.78, 5) is 24.9. The van der Waals surface area contributed by atoms with E-state index in [2.05, 4.69) is 5.32 Å². The fourth-order valence-electron chi connectivity index (χ4n) is 3.37. The van der Waals surface area contributed by atoms with Crippen LogP contribution in [0.5, 0.6) is 0 Å². The zero-order valence-electron chi connectivity index (χ0n) is 10.5. The highest BCUT2D eigenvalue weighted by atomic mass is 16.4. The van der Waals surface area contributed by atoms with Gasteiger partial charge >= 0.3 is 12.0 Å². The van der Waals surface area contributed by atoms with Crippen LogP contribution in [-0.4, -0.2) is 41.6 Å². The van der Waals surface area contributed by atoms with Crippen molar-refractivity contribution in [1.29, 1.82) is 0 Å². The Labute approximate surface area is 107 Å². The van der Waals surface area contributed by atoms with Crippen LogP contribution >= 0.6 is 0 Å². The third kappa shape index (κ3) is 1.95. The maximum absolute atomic E-state index is 12.0. The number of likely N-dealkylation sites (tertiary alicyclic amines) is 1. The fraction of sp³-hybridized carbons (Fsp3) is 0.846. The highest BCUT2D eigenvalue weighted by Crippen LogP contribution is 2.45. The minimum atomic E-state index is -0.777. The van der Waals surface area contributed by atoms with Gasteiger partial charge in [-0.15, -0.1) is 0 Å². The van der Waals surface area contributed by atoms with Gasteiger partial charge in [0.2, 0.25) is 0 Å². The van der Waals surface area contributed by atoms with Crippen molar-refractivity contribution in [3.63, 3.8) is 0 Å². The molecule has 0 bridgehead atoms. The molecule has 0 aromatic carbocycles. The molecule has 0 aromatic heterocycles. The number of nitrogens with one attached hydrogen (secondary N) is 1. The van der Waals surface area contributed by atoms with Gasteiger partial charge in [-0.1, -0.05) is 6.42 Å². The predicted octanol–water partition coefficient (Wildman–Crippen LogP) is 1.29. The van der Waals surface area contributed by atoms with Gasteiger partial charge in [0.05, 0.1) is 5.41 Å². The second-order valence-electron chi connectivity index (χ2n) is 6.10. The number of nitrogens with zero attached hydrogens (tertiary/aromatic N) is 1. The largest absolute Gasteiger partial charge is 0.481 e. The van der Waals surface area contributed by atoms with Crippen molar-refractivity contribution in [2.75, 3.05) is 19.6 Å². The smallest absolute Gasteiger partial charge is 0.317 e. The van der Waals surface area contributed by atoms with E-state index in [1.165, 1.54) is 19.3 Å². The number of carbonyl (C=O) groups is 2. The molecule has 1 heterocycles. The average Bonchev–Trinajstić information content (AvgIpc) is 2.82. The highest BCUT2D eigenvalue weighted by molar-refractivity contribution is 5.80. The van der Waals surface area contributed by atoms with Crippen LogP contribution < -0.4 is 5.32 Å². The average molecular weight is 252 g/mol. The zero-order chi connectivity index (χ0) is 12.8. The molecule has 3 fully saturated rings. The Morgan fingerprint density at radius 2 is 1.83 bits per heavy atom. The Hall–Kier alpha value is -1.26. The number of carbonyl (C=O) groups excluding carboxylic acids is 1. The Kier molecular flexibility index (Phi) is 2.72. The molecule has 0 radical (unpaired) electrons. The molecular weight excluding hydrogens is 232 g/mol. The van der Waals surface area contributed by atoms with Crippen LogP contribution in [0.4, 0.5) is 4.79 Å². The summed E-state index contributed by atoms with van der Waals surface area (Å²) in [6.45, 7) is 2.00. The monoisotopic (exact) mass is 252 g/mol. The van der Waals surface area contributed by atoms with Gasteiger partial charge in [-0.25, -0.2) is 4.79 Å². The number of carboxylic acid groups (broad SMARTS) is 1. The van der Waals surface area contributed by atoms with Gasteiger partial charge in [0.15, 0.2) is 0 Å². The molecule has 18 heavy (non-hydrogen) atoms. The van der Waals surface area contributed by atoms with Crippen LogP contribution in [-0.2, 0) is 4.79 Å². The van der Waals surface area contributed by atoms with Gasteiger partial charge < -0.3 is 15.3 Å². The molecule has 5 nitrogen and oxygen atoms in total. The van der Waals surface area contributed by atoms with Gasteiger partial charge in [-0.2, -0.15) is 0 Å². The van der Waals surface area contributed by atoms with Gasteiger partial charge in [0, 0.05) is 19.6 Å². The Morgan fingerprint density at radius 3 is 2.33 bits per heavy atom. The Bertz CT molecular complexity index is 366. The summed E-state index contributed by atoms with van der Waals surface area (Å²) in [5.41, 5.74) is -0.661. The number of carboxylic acids is 1. The van der Waals surface area contributed by atoms with Crippen molar-refractivity contribution in [2.45, 2.75) is 32.1 Å². The van der Waals surface area contributed by atoms with Crippen LogP contribution in [0.2, 0.25) is 0 Å². The van der Waals surface area contributed by atoms with Crippen molar-refractivity contribution < 1.29 is 14.7 Å². The van der Waals surface area contributed by atoms with Crippen LogP contribution in [0.15, 0.2) is 0 Å². The normalized spacial score (nSPS) is 32.1. The second kappa shape index (κ2) is 4.14. The lowest BCUT2D eigenvalue weighted by molar-refractivity contribution is -0.143. The van der Waals surface area contributed by atoms with E-state index in [1.54, 1.807) is 0 Å². The third-order valence-corrected chi connectivity index (χ3v) is 4.90. The third-order valence-electron chi connectivity index (χ3n) is 4.90. The number of urea groups is 1. The van der Waals surface area contributed by atoms with Crippen molar-refractivity contribution >= 4 is 12.0 Å². The zero-order valence-corrected chi connectivity index (χ0v) is 10.5. The molecule has 3 aliphatic rings. The topological polar surface area (TPSA) is 69.6 Å². The number of hydrogen-bond donors (Lipinski definition) is 2. The first kappa shape index (κ1) is 11.8. The Morgan fingerprint density at radius 1 is 1.22 bits per heavy atom. The van der Waals surface area contributed by atoms with Gasteiger partial charge in [-0.05, 0) is 37.5 Å². The second-order valence-corrected chi connectivity index (χ2v) is 6.10. The molecule has 5 heteroatoms. The SMILES string of the molecule is O=C(NCC1(C(=O)O)CC1)N1CC2CCCC2C1. The van der Waals surface area contributed by atoms with Crippen LogP contribution in [0.25, 0.3) is 0 Å². The first-order chi connectivity index (χ1) is 8.61. The summed E-state index contributed by atoms with van der Waals surface area (Å²) in [5, 5.41) is 11.9. The summed E-state index contributed by atoms with van der Waals surface area (Å²) in [7, 11) is 0.